The number of aryl methyl sites for hydroxylation is 1. The number of nitrogen functional groups attached to an aromatic ring is 1. The molecule has 2 atom stereocenters. The Hall–Kier alpha value is -2.91. The van der Waals surface area contributed by atoms with Gasteiger partial charge in [0.1, 0.15) is 28.5 Å². The standard InChI is InChI=1S/C24H29ClFN5O3/c1-12(2)34-21-16(13(3)23-30-14(4)20-22(27)28-6-7-31(20)23)9-17(25)19(26)18(21)24(32)29-10-15-5-8-33-11-15/h6-7,9,12-13,15H,5,8,10-11H2,1-4H3,(H2,27,28)(H,29,32)/t13-,15?/m0/s1. The number of carbonyl (C=O) groups is 1. The molecule has 182 valence electrons. The zero-order valence-electron chi connectivity index (χ0n) is 19.7. The Bertz CT molecular complexity index is 1220. The number of nitrogens with two attached hydrogens (primary N) is 1. The number of hydrogen-bond acceptors (Lipinski definition) is 6. The molecule has 1 amide bonds. The van der Waals surface area contributed by atoms with Crippen molar-refractivity contribution in [1.82, 2.24) is 19.7 Å². The number of fused-ring (bicyclic) bond motifs is 1. The third kappa shape index (κ3) is 4.54. The molecule has 3 aromatic rings. The van der Waals surface area contributed by atoms with Gasteiger partial charge in [0.05, 0.1) is 23.4 Å². The molecule has 1 saturated heterocycles. The number of ether oxygens (including phenoxy) is 2. The van der Waals surface area contributed by atoms with Crippen LogP contribution in [-0.2, 0) is 4.74 Å². The summed E-state index contributed by atoms with van der Waals surface area (Å²) in [6.45, 7) is 9.00. The van der Waals surface area contributed by atoms with E-state index in [1.165, 1.54) is 6.07 Å². The zero-order valence-corrected chi connectivity index (χ0v) is 20.4. The second kappa shape index (κ2) is 9.76. The molecule has 34 heavy (non-hydrogen) atoms. The normalized spacial score (nSPS) is 16.9. The van der Waals surface area contributed by atoms with E-state index in [9.17, 15) is 4.79 Å². The van der Waals surface area contributed by atoms with Crippen molar-refractivity contribution in [2.75, 3.05) is 25.5 Å². The SMILES string of the molecule is Cc1nc([C@@H](C)c2cc(Cl)c(F)c(C(=O)NCC3CCOC3)c2OC(C)C)n2ccnc(N)c12. The number of nitrogens with one attached hydrogen (secondary N) is 1. The van der Waals surface area contributed by atoms with Gasteiger partial charge in [-0.05, 0) is 33.3 Å². The fourth-order valence-electron chi connectivity index (χ4n) is 4.30. The van der Waals surface area contributed by atoms with Crippen LogP contribution in [0.25, 0.3) is 5.52 Å². The maximum atomic E-state index is 15.3. The molecule has 1 aromatic carbocycles. The molecule has 0 radical (unpaired) electrons. The van der Waals surface area contributed by atoms with Crippen molar-refractivity contribution in [3.05, 3.63) is 51.9 Å². The van der Waals surface area contributed by atoms with Gasteiger partial charge in [-0.2, -0.15) is 0 Å². The first-order chi connectivity index (χ1) is 16.2. The Morgan fingerprint density at radius 3 is 2.88 bits per heavy atom. The highest BCUT2D eigenvalue weighted by molar-refractivity contribution is 6.31. The highest BCUT2D eigenvalue weighted by Gasteiger charge is 2.30. The fraction of sp³-hybridized carbons (Fsp3) is 0.458. The van der Waals surface area contributed by atoms with Crippen LogP contribution in [0.3, 0.4) is 0 Å². The smallest absolute Gasteiger partial charge is 0.258 e. The van der Waals surface area contributed by atoms with Crippen LogP contribution in [0.5, 0.6) is 5.75 Å². The zero-order chi connectivity index (χ0) is 24.6. The lowest BCUT2D eigenvalue weighted by atomic mass is 9.95. The number of carbonyl (C=O) groups excluding carboxylic acids is 1. The van der Waals surface area contributed by atoms with Gasteiger partial charge in [-0.1, -0.05) is 18.5 Å². The van der Waals surface area contributed by atoms with E-state index < -0.39 is 17.6 Å². The molecule has 0 aliphatic carbocycles. The van der Waals surface area contributed by atoms with E-state index in [1.807, 2.05) is 32.1 Å². The van der Waals surface area contributed by atoms with Gasteiger partial charge in [-0.25, -0.2) is 14.4 Å². The molecule has 1 aliphatic rings. The van der Waals surface area contributed by atoms with Crippen molar-refractivity contribution >= 4 is 28.8 Å². The highest BCUT2D eigenvalue weighted by atomic mass is 35.5. The van der Waals surface area contributed by atoms with E-state index in [1.54, 1.807) is 12.4 Å². The largest absolute Gasteiger partial charge is 0.490 e. The van der Waals surface area contributed by atoms with Crippen molar-refractivity contribution in [3.8, 4) is 5.75 Å². The quantitative estimate of drug-likeness (QED) is 0.517. The summed E-state index contributed by atoms with van der Waals surface area (Å²) in [5.74, 6) is -0.437. The Balaban J connectivity index is 1.81. The molecule has 1 fully saturated rings. The van der Waals surface area contributed by atoms with Crippen LogP contribution in [-0.4, -0.2) is 46.1 Å². The van der Waals surface area contributed by atoms with Crippen LogP contribution in [0.15, 0.2) is 18.5 Å². The minimum atomic E-state index is -0.814. The van der Waals surface area contributed by atoms with Gasteiger partial charge in [-0.3, -0.25) is 9.20 Å². The van der Waals surface area contributed by atoms with Crippen molar-refractivity contribution in [2.24, 2.45) is 5.92 Å². The summed E-state index contributed by atoms with van der Waals surface area (Å²) in [5.41, 5.74) is 7.82. The molecule has 0 spiro atoms. The summed E-state index contributed by atoms with van der Waals surface area (Å²) in [6.07, 6.45) is 3.90. The second-order valence-electron chi connectivity index (χ2n) is 8.88. The van der Waals surface area contributed by atoms with E-state index >= 15 is 4.39 Å². The van der Waals surface area contributed by atoms with Crippen LogP contribution in [0.1, 0.15) is 60.5 Å². The van der Waals surface area contributed by atoms with E-state index in [2.05, 4.69) is 10.3 Å². The summed E-state index contributed by atoms with van der Waals surface area (Å²) in [4.78, 5) is 22.0. The molecule has 8 nitrogen and oxygen atoms in total. The number of hydrogen-bond donors (Lipinski definition) is 2. The second-order valence-corrected chi connectivity index (χ2v) is 9.29. The first-order valence-electron chi connectivity index (χ1n) is 11.3. The molecule has 1 aliphatic heterocycles. The minimum absolute atomic E-state index is 0.154. The first kappa shape index (κ1) is 24.2. The van der Waals surface area contributed by atoms with E-state index in [4.69, 9.17) is 31.8 Å². The maximum absolute atomic E-state index is 15.3. The number of rotatable bonds is 7. The molecule has 3 heterocycles. The lowest BCUT2D eigenvalue weighted by molar-refractivity contribution is 0.0934. The Morgan fingerprint density at radius 2 is 2.21 bits per heavy atom. The first-order valence-corrected chi connectivity index (χ1v) is 11.7. The van der Waals surface area contributed by atoms with Gasteiger partial charge in [0.25, 0.3) is 5.91 Å². The molecular formula is C24H29ClFN5O3. The summed E-state index contributed by atoms with van der Waals surface area (Å²) >= 11 is 6.29. The van der Waals surface area contributed by atoms with Crippen molar-refractivity contribution < 1.29 is 18.7 Å². The number of aromatic nitrogens is 3. The van der Waals surface area contributed by atoms with Crippen molar-refractivity contribution in [1.29, 1.82) is 0 Å². The topological polar surface area (TPSA) is 104 Å². The number of amides is 1. The van der Waals surface area contributed by atoms with E-state index in [0.717, 1.165) is 6.42 Å². The van der Waals surface area contributed by atoms with Crippen LogP contribution in [0.2, 0.25) is 5.02 Å². The Kier molecular flexibility index (Phi) is 6.95. The maximum Gasteiger partial charge on any atom is 0.258 e. The van der Waals surface area contributed by atoms with Gasteiger partial charge in [0.2, 0.25) is 0 Å². The van der Waals surface area contributed by atoms with Crippen LogP contribution in [0.4, 0.5) is 10.2 Å². The number of nitrogens with zero attached hydrogens (tertiary/aromatic N) is 3. The molecule has 10 heteroatoms. The van der Waals surface area contributed by atoms with Gasteiger partial charge < -0.3 is 20.5 Å². The molecule has 0 saturated carbocycles. The molecule has 4 rings (SSSR count). The van der Waals surface area contributed by atoms with Gasteiger partial charge in [0.15, 0.2) is 5.82 Å². The molecular weight excluding hydrogens is 461 g/mol. The van der Waals surface area contributed by atoms with E-state index in [-0.39, 0.29) is 28.4 Å². The highest BCUT2D eigenvalue weighted by Crippen LogP contribution is 2.40. The van der Waals surface area contributed by atoms with Gasteiger partial charge in [0, 0.05) is 42.9 Å². The van der Waals surface area contributed by atoms with E-state index in [0.29, 0.717) is 48.2 Å². The summed E-state index contributed by atoms with van der Waals surface area (Å²) in [6, 6.07) is 1.50. The summed E-state index contributed by atoms with van der Waals surface area (Å²) < 4.78 is 28.5. The van der Waals surface area contributed by atoms with Crippen LogP contribution in [0, 0.1) is 18.7 Å². The molecule has 0 bridgehead atoms. The summed E-state index contributed by atoms with van der Waals surface area (Å²) in [7, 11) is 0. The van der Waals surface area contributed by atoms with Crippen LogP contribution < -0.4 is 15.8 Å². The molecule has 1 unspecified atom stereocenters. The Labute approximate surface area is 202 Å². The number of halogens is 2. The number of anilines is 1. The number of imidazole rings is 1. The minimum Gasteiger partial charge on any atom is -0.490 e. The third-order valence-corrected chi connectivity index (χ3v) is 6.27. The average Bonchev–Trinajstić information content (AvgIpc) is 3.42. The monoisotopic (exact) mass is 489 g/mol. The molecule has 2 aromatic heterocycles. The average molecular weight is 490 g/mol. The Morgan fingerprint density at radius 1 is 1.44 bits per heavy atom. The predicted molar refractivity (Wildman–Crippen MR) is 128 cm³/mol. The van der Waals surface area contributed by atoms with Gasteiger partial charge in [-0.15, -0.1) is 0 Å². The van der Waals surface area contributed by atoms with Crippen LogP contribution >= 0.6 is 11.6 Å². The summed E-state index contributed by atoms with van der Waals surface area (Å²) in [5, 5.41) is 2.67. The van der Waals surface area contributed by atoms with Crippen molar-refractivity contribution in [2.45, 2.75) is 46.1 Å². The van der Waals surface area contributed by atoms with Gasteiger partial charge >= 0.3 is 0 Å². The third-order valence-electron chi connectivity index (χ3n) is 6.00. The fourth-order valence-corrected chi connectivity index (χ4v) is 4.51. The lowest BCUT2D eigenvalue weighted by Gasteiger charge is -2.23. The number of benzene rings is 1. The lowest BCUT2D eigenvalue weighted by Crippen LogP contribution is -2.31. The molecule has 3 N–H and O–H groups in total. The predicted octanol–water partition coefficient (Wildman–Crippen LogP) is 4.12. The van der Waals surface area contributed by atoms with Crippen molar-refractivity contribution in [3.63, 3.8) is 0 Å².